The molecule has 0 bridgehead atoms. The second-order valence-electron chi connectivity index (χ2n) is 9.23. The van der Waals surface area contributed by atoms with Crippen molar-refractivity contribution < 1.29 is 15.3 Å². The molecule has 0 saturated heterocycles. The van der Waals surface area contributed by atoms with E-state index in [2.05, 4.69) is 32.1 Å². The lowest BCUT2D eigenvalue weighted by molar-refractivity contribution is -0.0523. The minimum atomic E-state index is -0.479. The van der Waals surface area contributed by atoms with Crippen LogP contribution in [-0.2, 0) is 0 Å². The Morgan fingerprint density at radius 3 is 2.64 bits per heavy atom. The summed E-state index contributed by atoms with van der Waals surface area (Å²) in [5.41, 5.74) is 3.74. The highest BCUT2D eigenvalue weighted by Crippen LogP contribution is 2.64. The van der Waals surface area contributed by atoms with Gasteiger partial charge in [-0.15, -0.1) is 0 Å². The summed E-state index contributed by atoms with van der Waals surface area (Å²) in [7, 11) is 0. The van der Waals surface area contributed by atoms with Crippen molar-refractivity contribution in [3.63, 3.8) is 0 Å². The van der Waals surface area contributed by atoms with Crippen molar-refractivity contribution in [2.45, 2.75) is 77.6 Å². The fourth-order valence-corrected chi connectivity index (χ4v) is 6.29. The second-order valence-corrected chi connectivity index (χ2v) is 9.23. The van der Waals surface area contributed by atoms with Gasteiger partial charge in [-0.1, -0.05) is 43.2 Å². The lowest BCUT2D eigenvalue weighted by atomic mass is 9.48. The van der Waals surface area contributed by atoms with Crippen LogP contribution in [0.2, 0.25) is 0 Å². The van der Waals surface area contributed by atoms with Crippen LogP contribution < -0.4 is 0 Å². The Morgan fingerprint density at radius 1 is 1.20 bits per heavy atom. The van der Waals surface area contributed by atoms with Crippen molar-refractivity contribution in [2.24, 2.45) is 22.7 Å². The van der Waals surface area contributed by atoms with Crippen LogP contribution in [0.1, 0.15) is 59.3 Å². The summed E-state index contributed by atoms with van der Waals surface area (Å²) < 4.78 is 0. The molecule has 4 rings (SSSR count). The highest BCUT2D eigenvalue weighted by atomic mass is 16.3. The van der Waals surface area contributed by atoms with Crippen LogP contribution in [0.4, 0.5) is 0 Å². The summed E-state index contributed by atoms with van der Waals surface area (Å²) in [4.78, 5) is 0. The number of allylic oxidation sites excluding steroid dienone is 4. The first-order valence-electron chi connectivity index (χ1n) is 9.94. The van der Waals surface area contributed by atoms with E-state index in [4.69, 9.17) is 0 Å². The third-order valence-electron chi connectivity index (χ3n) is 8.09. The van der Waals surface area contributed by atoms with E-state index >= 15 is 0 Å². The molecule has 3 N–H and O–H groups in total. The van der Waals surface area contributed by atoms with Gasteiger partial charge in [0.25, 0.3) is 0 Å². The Morgan fingerprint density at radius 2 is 1.96 bits per heavy atom. The van der Waals surface area contributed by atoms with Crippen LogP contribution >= 0.6 is 0 Å². The van der Waals surface area contributed by atoms with Gasteiger partial charge in [0.1, 0.15) is 0 Å². The van der Waals surface area contributed by atoms with E-state index < -0.39 is 12.2 Å². The number of hydrogen-bond donors (Lipinski definition) is 3. The molecule has 1 spiro atoms. The standard InChI is InChI=1S/C22H32O3/c1-13-4-6-18-19(22(13)9-8-15(12-22)14(2)23)7-5-16-10-17(24)11-20(25)21(16,18)3/h5,7-8,13-14,17-18,20,23-25H,4,6,9-12H2,1-3H3/t13?,14-,17?,18?,20-,21?,22?/m0/s1. The molecular weight excluding hydrogens is 312 g/mol. The van der Waals surface area contributed by atoms with E-state index in [-0.39, 0.29) is 16.9 Å². The van der Waals surface area contributed by atoms with Crippen LogP contribution in [0.3, 0.4) is 0 Å². The molecule has 0 heterocycles. The molecule has 3 nitrogen and oxygen atoms in total. The van der Waals surface area contributed by atoms with Crippen LogP contribution in [0.5, 0.6) is 0 Å². The van der Waals surface area contributed by atoms with Gasteiger partial charge in [-0.25, -0.2) is 0 Å². The summed E-state index contributed by atoms with van der Waals surface area (Å²) in [6.45, 7) is 6.45. The lowest BCUT2D eigenvalue weighted by Crippen LogP contribution is -2.53. The first-order chi connectivity index (χ1) is 11.8. The third-order valence-corrected chi connectivity index (χ3v) is 8.09. The molecule has 0 amide bonds. The predicted molar refractivity (Wildman–Crippen MR) is 98.8 cm³/mol. The number of aliphatic hydroxyl groups is 3. The van der Waals surface area contributed by atoms with Gasteiger partial charge in [-0.3, -0.25) is 0 Å². The van der Waals surface area contributed by atoms with Crippen molar-refractivity contribution in [2.75, 3.05) is 0 Å². The van der Waals surface area contributed by atoms with Crippen molar-refractivity contribution in [1.82, 2.24) is 0 Å². The first kappa shape index (κ1) is 17.5. The zero-order valence-electron chi connectivity index (χ0n) is 15.7. The quantitative estimate of drug-likeness (QED) is 0.638. The molecule has 25 heavy (non-hydrogen) atoms. The molecule has 2 fully saturated rings. The number of fused-ring (bicyclic) bond motifs is 4. The first-order valence-corrected chi connectivity index (χ1v) is 9.94. The Bertz CT molecular complexity index is 658. The Labute approximate surface area is 151 Å². The Balaban J connectivity index is 1.76. The molecule has 138 valence electrons. The van der Waals surface area contributed by atoms with Gasteiger partial charge in [0, 0.05) is 17.3 Å². The summed E-state index contributed by atoms with van der Waals surface area (Å²) in [6.07, 6.45) is 10.9. The van der Waals surface area contributed by atoms with E-state index in [1.165, 1.54) is 23.1 Å². The maximum atomic E-state index is 10.9. The lowest BCUT2D eigenvalue weighted by Gasteiger charge is -2.57. The normalized spacial score (nSPS) is 47.5. The monoisotopic (exact) mass is 344 g/mol. The van der Waals surface area contributed by atoms with Crippen LogP contribution in [0.25, 0.3) is 0 Å². The van der Waals surface area contributed by atoms with Gasteiger partial charge < -0.3 is 15.3 Å². The van der Waals surface area contributed by atoms with Gasteiger partial charge in [0.2, 0.25) is 0 Å². The van der Waals surface area contributed by atoms with Gasteiger partial charge in [0.15, 0.2) is 0 Å². The molecule has 5 unspecified atom stereocenters. The molecule has 0 aromatic carbocycles. The maximum Gasteiger partial charge on any atom is 0.0722 e. The van der Waals surface area contributed by atoms with Gasteiger partial charge in [0.05, 0.1) is 18.3 Å². The van der Waals surface area contributed by atoms with E-state index in [1.54, 1.807) is 0 Å². The molecule has 2 saturated carbocycles. The SMILES string of the molecule is CC1CCC2C(=CC=C3CC(O)C[C@H](O)C32C)C12CC=C([C@H](C)O)C2. The van der Waals surface area contributed by atoms with Crippen LogP contribution in [0.15, 0.2) is 34.9 Å². The van der Waals surface area contributed by atoms with Crippen molar-refractivity contribution >= 4 is 0 Å². The molecule has 4 aliphatic rings. The van der Waals surface area contributed by atoms with Crippen molar-refractivity contribution in [1.29, 1.82) is 0 Å². The van der Waals surface area contributed by atoms with Gasteiger partial charge in [-0.2, -0.15) is 0 Å². The number of aliphatic hydroxyl groups excluding tert-OH is 3. The van der Waals surface area contributed by atoms with Crippen molar-refractivity contribution in [3.8, 4) is 0 Å². The second kappa shape index (κ2) is 5.80. The minimum Gasteiger partial charge on any atom is -0.393 e. The molecule has 0 radical (unpaired) electrons. The van der Waals surface area contributed by atoms with Crippen molar-refractivity contribution in [3.05, 3.63) is 34.9 Å². The highest BCUT2D eigenvalue weighted by Gasteiger charge is 2.57. The summed E-state index contributed by atoms with van der Waals surface area (Å²) in [5, 5.41) is 31.1. The summed E-state index contributed by atoms with van der Waals surface area (Å²) in [5.74, 6) is 0.945. The van der Waals surface area contributed by atoms with Crippen LogP contribution in [-0.4, -0.2) is 33.6 Å². The van der Waals surface area contributed by atoms with E-state index in [9.17, 15) is 15.3 Å². The Kier molecular flexibility index (Phi) is 4.06. The molecule has 0 aromatic rings. The molecule has 4 aliphatic carbocycles. The van der Waals surface area contributed by atoms with Gasteiger partial charge in [-0.05, 0) is 56.4 Å². The van der Waals surface area contributed by atoms with E-state index in [1.807, 2.05) is 6.92 Å². The molecule has 3 heteroatoms. The molecule has 0 aliphatic heterocycles. The fraction of sp³-hybridized carbons (Fsp3) is 0.727. The van der Waals surface area contributed by atoms with E-state index in [0.717, 1.165) is 19.3 Å². The maximum absolute atomic E-state index is 10.9. The average Bonchev–Trinajstić information content (AvgIpc) is 2.99. The predicted octanol–water partition coefficient (Wildman–Crippen LogP) is 3.51. The minimum absolute atomic E-state index is 0.107. The van der Waals surface area contributed by atoms with Crippen LogP contribution in [0, 0.1) is 22.7 Å². The summed E-state index contributed by atoms with van der Waals surface area (Å²) in [6, 6.07) is 0. The molecular formula is C22H32O3. The van der Waals surface area contributed by atoms with E-state index in [0.29, 0.717) is 24.7 Å². The smallest absolute Gasteiger partial charge is 0.0722 e. The number of hydrogen-bond acceptors (Lipinski definition) is 3. The topological polar surface area (TPSA) is 60.7 Å². The summed E-state index contributed by atoms with van der Waals surface area (Å²) >= 11 is 0. The van der Waals surface area contributed by atoms with Gasteiger partial charge >= 0.3 is 0 Å². The zero-order valence-corrected chi connectivity index (χ0v) is 15.7. The third kappa shape index (κ3) is 2.35. The largest absolute Gasteiger partial charge is 0.393 e. The molecule has 7 atom stereocenters. The Hall–Kier alpha value is -0.900. The molecule has 0 aromatic heterocycles. The fourth-order valence-electron chi connectivity index (χ4n) is 6.29. The average molecular weight is 344 g/mol. The number of rotatable bonds is 1. The zero-order chi connectivity index (χ0) is 18.0. The highest BCUT2D eigenvalue weighted by molar-refractivity contribution is 5.43.